The lowest BCUT2D eigenvalue weighted by Crippen LogP contribution is -2.49. The van der Waals surface area contributed by atoms with Crippen molar-refractivity contribution in [2.75, 3.05) is 0 Å². The number of fused-ring (bicyclic) bond motifs is 2. The van der Waals surface area contributed by atoms with E-state index in [9.17, 15) is 10.1 Å². The lowest BCUT2D eigenvalue weighted by molar-refractivity contribution is -0.384. The first-order chi connectivity index (χ1) is 9.83. The topological polar surface area (TPSA) is 55.2 Å². The molecule has 1 N–H and O–H groups in total. The Morgan fingerprint density at radius 1 is 1.29 bits per heavy atom. The molecular weight excluding hydrogens is 264 g/mol. The summed E-state index contributed by atoms with van der Waals surface area (Å²) in [6, 6.07) is 7.41. The third kappa shape index (κ3) is 2.35. The van der Waals surface area contributed by atoms with Gasteiger partial charge in [0.2, 0.25) is 0 Å². The van der Waals surface area contributed by atoms with E-state index in [0.29, 0.717) is 16.9 Å². The van der Waals surface area contributed by atoms with Gasteiger partial charge in [-0.2, -0.15) is 0 Å². The summed E-state index contributed by atoms with van der Waals surface area (Å²) in [7, 11) is 0. The number of benzene rings is 1. The molecule has 2 aliphatic rings. The zero-order valence-corrected chi connectivity index (χ0v) is 13.1. The predicted octanol–water partition coefficient (Wildman–Crippen LogP) is 3.90. The molecule has 3 rings (SSSR count). The molecule has 2 saturated carbocycles. The molecule has 4 nitrogen and oxygen atoms in total. The number of hydrogen-bond acceptors (Lipinski definition) is 3. The fraction of sp³-hybridized carbons (Fsp3) is 0.647. The van der Waals surface area contributed by atoms with E-state index < -0.39 is 0 Å². The molecule has 0 radical (unpaired) electrons. The molecule has 21 heavy (non-hydrogen) atoms. The van der Waals surface area contributed by atoms with Gasteiger partial charge in [0.05, 0.1) is 4.92 Å². The monoisotopic (exact) mass is 288 g/mol. The van der Waals surface area contributed by atoms with Crippen LogP contribution in [0.3, 0.4) is 0 Å². The first-order valence-corrected chi connectivity index (χ1v) is 7.80. The maximum atomic E-state index is 10.7. The van der Waals surface area contributed by atoms with Crippen LogP contribution in [0.1, 0.15) is 45.6 Å². The molecule has 0 heterocycles. The second kappa shape index (κ2) is 4.80. The lowest BCUT2D eigenvalue weighted by atomic mass is 9.68. The summed E-state index contributed by atoms with van der Waals surface area (Å²) in [6.45, 7) is 7.97. The normalized spacial score (nSPS) is 33.3. The van der Waals surface area contributed by atoms with Gasteiger partial charge in [-0.1, -0.05) is 32.9 Å². The smallest absolute Gasteiger partial charge is 0.269 e. The fourth-order valence-electron chi connectivity index (χ4n) is 4.77. The zero-order valence-electron chi connectivity index (χ0n) is 13.1. The van der Waals surface area contributed by atoms with Gasteiger partial charge in [0.25, 0.3) is 5.69 Å². The Balaban J connectivity index is 1.69. The van der Waals surface area contributed by atoms with E-state index in [1.54, 1.807) is 12.1 Å². The highest BCUT2D eigenvalue weighted by Gasteiger charge is 2.58. The van der Waals surface area contributed by atoms with Crippen LogP contribution < -0.4 is 5.32 Å². The van der Waals surface area contributed by atoms with Crippen molar-refractivity contribution >= 4 is 5.69 Å². The highest BCUT2D eigenvalue weighted by molar-refractivity contribution is 5.32. The maximum Gasteiger partial charge on any atom is 0.269 e. The van der Waals surface area contributed by atoms with Gasteiger partial charge in [-0.05, 0) is 41.6 Å². The van der Waals surface area contributed by atoms with Gasteiger partial charge in [-0.3, -0.25) is 10.1 Å². The van der Waals surface area contributed by atoms with E-state index in [4.69, 9.17) is 0 Å². The van der Waals surface area contributed by atoms with Crippen LogP contribution in [0.15, 0.2) is 24.3 Å². The van der Waals surface area contributed by atoms with E-state index in [1.165, 1.54) is 19.3 Å². The molecule has 1 aromatic rings. The van der Waals surface area contributed by atoms with Crippen LogP contribution in [0.2, 0.25) is 0 Å². The van der Waals surface area contributed by atoms with Crippen LogP contribution in [0.4, 0.5) is 5.69 Å². The molecular formula is C17H24N2O2. The average Bonchev–Trinajstić information content (AvgIpc) is 2.90. The van der Waals surface area contributed by atoms with Gasteiger partial charge in [-0.15, -0.1) is 0 Å². The van der Waals surface area contributed by atoms with E-state index >= 15 is 0 Å². The van der Waals surface area contributed by atoms with E-state index in [-0.39, 0.29) is 10.6 Å². The number of nitrogens with one attached hydrogen (secondary N) is 1. The number of nitrogens with zero attached hydrogens (tertiary/aromatic N) is 1. The Hall–Kier alpha value is -1.42. The van der Waals surface area contributed by atoms with Crippen LogP contribution in [0.5, 0.6) is 0 Å². The maximum absolute atomic E-state index is 10.7. The van der Waals surface area contributed by atoms with Gasteiger partial charge in [0, 0.05) is 24.7 Å². The van der Waals surface area contributed by atoms with Crippen LogP contribution in [0, 0.1) is 26.9 Å². The molecule has 4 heteroatoms. The fourth-order valence-corrected chi connectivity index (χ4v) is 4.77. The summed E-state index contributed by atoms with van der Waals surface area (Å²) < 4.78 is 0. The highest BCUT2D eigenvalue weighted by Crippen LogP contribution is 2.62. The van der Waals surface area contributed by atoms with Crippen molar-refractivity contribution in [1.82, 2.24) is 5.32 Å². The van der Waals surface area contributed by atoms with Crippen molar-refractivity contribution in [3.8, 4) is 0 Å². The number of hydrogen-bond donors (Lipinski definition) is 1. The second-order valence-corrected chi connectivity index (χ2v) is 7.65. The molecule has 0 aliphatic heterocycles. The Labute approximate surface area is 126 Å². The molecule has 0 spiro atoms. The molecule has 2 bridgehead atoms. The van der Waals surface area contributed by atoms with E-state index in [0.717, 1.165) is 18.0 Å². The predicted molar refractivity (Wildman–Crippen MR) is 83.0 cm³/mol. The SMILES string of the molecule is CC12CCC(C1)C(C)(C)C2NCc1ccc([N+](=O)[O-])cc1. The minimum atomic E-state index is -0.350. The molecule has 3 unspecified atom stereocenters. The van der Waals surface area contributed by atoms with E-state index in [1.807, 2.05) is 12.1 Å². The molecule has 114 valence electrons. The van der Waals surface area contributed by atoms with Gasteiger partial charge >= 0.3 is 0 Å². The van der Waals surface area contributed by atoms with Crippen molar-refractivity contribution in [2.24, 2.45) is 16.7 Å². The molecule has 1 aromatic carbocycles. The first-order valence-electron chi connectivity index (χ1n) is 7.80. The van der Waals surface area contributed by atoms with Crippen LogP contribution in [-0.2, 0) is 6.54 Å². The third-order valence-electron chi connectivity index (χ3n) is 5.93. The summed E-state index contributed by atoms with van der Waals surface area (Å²) in [5.74, 6) is 0.830. The van der Waals surface area contributed by atoms with Gasteiger partial charge in [0.15, 0.2) is 0 Å². The summed E-state index contributed by atoms with van der Waals surface area (Å²) in [6.07, 6.45) is 4.01. The average molecular weight is 288 g/mol. The van der Waals surface area contributed by atoms with Crippen LogP contribution >= 0.6 is 0 Å². The Morgan fingerprint density at radius 3 is 2.48 bits per heavy atom. The summed E-state index contributed by atoms with van der Waals surface area (Å²) >= 11 is 0. The third-order valence-corrected chi connectivity index (χ3v) is 5.93. The summed E-state index contributed by atoms with van der Waals surface area (Å²) in [5.41, 5.74) is 2.02. The van der Waals surface area contributed by atoms with Gasteiger partial charge < -0.3 is 5.32 Å². The van der Waals surface area contributed by atoms with Crippen molar-refractivity contribution in [2.45, 2.75) is 52.6 Å². The zero-order chi connectivity index (χ0) is 15.3. The largest absolute Gasteiger partial charge is 0.309 e. The molecule has 0 amide bonds. The first kappa shape index (κ1) is 14.5. The minimum Gasteiger partial charge on any atom is -0.309 e. The van der Waals surface area contributed by atoms with Crippen molar-refractivity contribution in [3.05, 3.63) is 39.9 Å². The van der Waals surface area contributed by atoms with Gasteiger partial charge in [0.1, 0.15) is 0 Å². The Bertz CT molecular complexity index is 548. The molecule has 0 saturated heterocycles. The summed E-state index contributed by atoms with van der Waals surface area (Å²) in [4.78, 5) is 10.3. The van der Waals surface area contributed by atoms with E-state index in [2.05, 4.69) is 26.1 Å². The minimum absolute atomic E-state index is 0.158. The second-order valence-electron chi connectivity index (χ2n) is 7.65. The lowest BCUT2D eigenvalue weighted by Gasteiger charge is -2.43. The number of nitro groups is 1. The standard InChI is InChI=1S/C17H24N2O2/c1-16(2)13-8-9-17(3,10-13)15(16)18-11-12-4-6-14(7-5-12)19(20)21/h4-7,13,15,18H,8-11H2,1-3H3. The van der Waals surface area contributed by atoms with Crippen molar-refractivity contribution in [1.29, 1.82) is 0 Å². The van der Waals surface area contributed by atoms with Crippen LogP contribution in [-0.4, -0.2) is 11.0 Å². The molecule has 0 aromatic heterocycles. The Kier molecular flexibility index (Phi) is 3.32. The molecule has 2 fully saturated rings. The van der Waals surface area contributed by atoms with Crippen molar-refractivity contribution in [3.63, 3.8) is 0 Å². The van der Waals surface area contributed by atoms with Crippen LogP contribution in [0.25, 0.3) is 0 Å². The highest BCUT2D eigenvalue weighted by atomic mass is 16.6. The summed E-state index contributed by atoms with van der Waals surface area (Å²) in [5, 5.41) is 14.4. The number of rotatable bonds is 4. The molecule has 2 aliphatic carbocycles. The van der Waals surface area contributed by atoms with Crippen molar-refractivity contribution < 1.29 is 4.92 Å². The number of non-ortho nitro benzene ring substituents is 1. The Morgan fingerprint density at radius 2 is 1.95 bits per heavy atom. The number of nitro benzene ring substituents is 1. The van der Waals surface area contributed by atoms with Gasteiger partial charge in [-0.25, -0.2) is 0 Å². The quantitative estimate of drug-likeness (QED) is 0.675. The molecule has 3 atom stereocenters.